The Balaban J connectivity index is 1.55. The van der Waals surface area contributed by atoms with Crippen molar-refractivity contribution in [2.24, 2.45) is 0 Å². The third kappa shape index (κ3) is 5.09. The number of amides is 2. The standard InChI is InChI=1S/C26H26N2O4S/c1-17(2)32-21-12-8-19(9-13-21)27-24-23(22-5-4-16-33-22)25(29)28(26(24)30)15-14-18-6-10-20(31-3)11-7-18/h4-13,16-17,27H,14-15H2,1-3H3. The van der Waals surface area contributed by atoms with Gasteiger partial charge in [-0.05, 0) is 73.7 Å². The number of imide groups is 1. The Morgan fingerprint density at radius 3 is 2.24 bits per heavy atom. The summed E-state index contributed by atoms with van der Waals surface area (Å²) in [5, 5.41) is 5.08. The number of carbonyl (C=O) groups excluding carboxylic acids is 2. The van der Waals surface area contributed by atoms with E-state index in [9.17, 15) is 9.59 Å². The molecule has 0 fully saturated rings. The Labute approximate surface area is 197 Å². The van der Waals surface area contributed by atoms with Crippen molar-refractivity contribution in [1.29, 1.82) is 0 Å². The van der Waals surface area contributed by atoms with Gasteiger partial charge in [-0.1, -0.05) is 18.2 Å². The van der Waals surface area contributed by atoms with E-state index in [2.05, 4.69) is 5.32 Å². The molecule has 2 heterocycles. The summed E-state index contributed by atoms with van der Waals surface area (Å²) in [5.41, 5.74) is 2.45. The van der Waals surface area contributed by atoms with Gasteiger partial charge in [0.2, 0.25) is 0 Å². The highest BCUT2D eigenvalue weighted by Gasteiger charge is 2.39. The van der Waals surface area contributed by atoms with Crippen molar-refractivity contribution < 1.29 is 19.1 Å². The number of carbonyl (C=O) groups is 2. The molecule has 0 bridgehead atoms. The lowest BCUT2D eigenvalue weighted by Gasteiger charge is -2.15. The number of thiophene rings is 1. The number of nitrogens with zero attached hydrogens (tertiary/aromatic N) is 1. The summed E-state index contributed by atoms with van der Waals surface area (Å²) in [4.78, 5) is 28.7. The minimum absolute atomic E-state index is 0.0743. The molecule has 0 saturated heterocycles. The molecule has 170 valence electrons. The third-order valence-corrected chi connectivity index (χ3v) is 6.10. The van der Waals surface area contributed by atoms with Gasteiger partial charge in [-0.15, -0.1) is 11.3 Å². The van der Waals surface area contributed by atoms with Crippen LogP contribution in [-0.4, -0.2) is 36.5 Å². The summed E-state index contributed by atoms with van der Waals surface area (Å²) >= 11 is 1.44. The first-order chi connectivity index (χ1) is 16.0. The Hall–Kier alpha value is -3.58. The highest BCUT2D eigenvalue weighted by Crippen LogP contribution is 2.33. The number of ether oxygens (including phenoxy) is 2. The van der Waals surface area contributed by atoms with E-state index in [-0.39, 0.29) is 17.9 Å². The topological polar surface area (TPSA) is 67.9 Å². The smallest absolute Gasteiger partial charge is 0.278 e. The van der Waals surface area contributed by atoms with Crippen LogP contribution in [0.4, 0.5) is 5.69 Å². The van der Waals surface area contributed by atoms with Crippen molar-refractivity contribution >= 4 is 34.4 Å². The first-order valence-electron chi connectivity index (χ1n) is 10.8. The second-order valence-electron chi connectivity index (χ2n) is 7.90. The van der Waals surface area contributed by atoms with E-state index in [4.69, 9.17) is 9.47 Å². The molecule has 1 aromatic heterocycles. The molecule has 0 unspecified atom stereocenters. The van der Waals surface area contributed by atoms with E-state index >= 15 is 0 Å². The molecule has 0 aliphatic carbocycles. The van der Waals surface area contributed by atoms with Gasteiger partial charge in [0.1, 0.15) is 17.2 Å². The molecule has 1 aliphatic rings. The van der Waals surface area contributed by atoms with Crippen LogP contribution in [0.5, 0.6) is 11.5 Å². The molecule has 1 N–H and O–H groups in total. The molecule has 1 aliphatic heterocycles. The van der Waals surface area contributed by atoms with Gasteiger partial charge in [0.05, 0.1) is 18.8 Å². The number of anilines is 1. The molecular weight excluding hydrogens is 436 g/mol. The van der Waals surface area contributed by atoms with Crippen LogP contribution < -0.4 is 14.8 Å². The quantitative estimate of drug-likeness (QED) is 0.455. The van der Waals surface area contributed by atoms with Crippen molar-refractivity contribution in [3.05, 3.63) is 82.2 Å². The maximum absolute atomic E-state index is 13.3. The predicted octanol–water partition coefficient (Wildman–Crippen LogP) is 4.98. The van der Waals surface area contributed by atoms with Crippen LogP contribution in [0.1, 0.15) is 24.3 Å². The lowest BCUT2D eigenvalue weighted by molar-refractivity contribution is -0.136. The average molecular weight is 463 g/mol. The lowest BCUT2D eigenvalue weighted by atomic mass is 10.1. The number of nitrogens with one attached hydrogen (secondary N) is 1. The second-order valence-corrected chi connectivity index (χ2v) is 8.85. The lowest BCUT2D eigenvalue weighted by Crippen LogP contribution is -2.34. The van der Waals surface area contributed by atoms with Gasteiger partial charge < -0.3 is 14.8 Å². The largest absolute Gasteiger partial charge is 0.497 e. The fourth-order valence-corrected chi connectivity index (χ4v) is 4.38. The van der Waals surface area contributed by atoms with Gasteiger partial charge >= 0.3 is 0 Å². The van der Waals surface area contributed by atoms with Gasteiger partial charge in [-0.2, -0.15) is 0 Å². The van der Waals surface area contributed by atoms with Crippen molar-refractivity contribution in [3.63, 3.8) is 0 Å². The highest BCUT2D eigenvalue weighted by atomic mass is 32.1. The zero-order valence-corrected chi connectivity index (χ0v) is 19.6. The number of rotatable bonds is 9. The van der Waals surface area contributed by atoms with E-state index in [1.54, 1.807) is 7.11 Å². The maximum Gasteiger partial charge on any atom is 0.278 e. The minimum atomic E-state index is -0.320. The van der Waals surface area contributed by atoms with Crippen LogP contribution in [0.3, 0.4) is 0 Å². The monoisotopic (exact) mass is 462 g/mol. The third-order valence-electron chi connectivity index (χ3n) is 5.21. The first kappa shape index (κ1) is 22.6. The number of methoxy groups -OCH3 is 1. The molecule has 2 aromatic carbocycles. The second kappa shape index (κ2) is 9.92. The predicted molar refractivity (Wildman–Crippen MR) is 130 cm³/mol. The van der Waals surface area contributed by atoms with E-state index in [0.717, 1.165) is 21.9 Å². The van der Waals surface area contributed by atoms with Crippen LogP contribution in [-0.2, 0) is 16.0 Å². The van der Waals surface area contributed by atoms with Crippen molar-refractivity contribution in [2.45, 2.75) is 26.4 Å². The molecule has 33 heavy (non-hydrogen) atoms. The summed E-state index contributed by atoms with van der Waals surface area (Å²) in [7, 11) is 1.62. The normalized spacial score (nSPS) is 13.8. The fraction of sp³-hybridized carbons (Fsp3) is 0.231. The zero-order chi connectivity index (χ0) is 23.4. The average Bonchev–Trinajstić information content (AvgIpc) is 3.41. The van der Waals surface area contributed by atoms with E-state index in [1.165, 1.54) is 16.2 Å². The Bertz CT molecular complexity index is 1150. The molecule has 0 atom stereocenters. The van der Waals surface area contributed by atoms with Crippen molar-refractivity contribution in [2.75, 3.05) is 19.0 Å². The van der Waals surface area contributed by atoms with Crippen molar-refractivity contribution in [3.8, 4) is 11.5 Å². The van der Waals surface area contributed by atoms with E-state index in [1.807, 2.05) is 79.9 Å². The number of hydrogen-bond donors (Lipinski definition) is 1. The summed E-state index contributed by atoms with van der Waals surface area (Å²) in [6, 6.07) is 18.7. The fourth-order valence-electron chi connectivity index (χ4n) is 3.61. The summed E-state index contributed by atoms with van der Waals surface area (Å²) in [5.74, 6) is 0.917. The summed E-state index contributed by atoms with van der Waals surface area (Å²) < 4.78 is 10.9. The van der Waals surface area contributed by atoms with E-state index < -0.39 is 0 Å². The molecule has 4 rings (SSSR count). The van der Waals surface area contributed by atoms with Crippen LogP contribution in [0.15, 0.2) is 71.7 Å². The summed E-state index contributed by atoms with van der Waals surface area (Å²) in [6.07, 6.45) is 0.638. The molecule has 6 nitrogen and oxygen atoms in total. The van der Waals surface area contributed by atoms with Gasteiger partial charge in [0, 0.05) is 17.1 Å². The van der Waals surface area contributed by atoms with Crippen LogP contribution >= 0.6 is 11.3 Å². The maximum atomic E-state index is 13.3. The molecule has 0 spiro atoms. The van der Waals surface area contributed by atoms with Gasteiger partial charge in [-0.3, -0.25) is 14.5 Å². The molecule has 7 heteroatoms. The Morgan fingerprint density at radius 1 is 0.939 bits per heavy atom. The molecule has 2 amide bonds. The molecule has 3 aromatic rings. The molecule has 0 saturated carbocycles. The molecule has 0 radical (unpaired) electrons. The van der Waals surface area contributed by atoms with Crippen LogP contribution in [0, 0.1) is 0 Å². The highest BCUT2D eigenvalue weighted by molar-refractivity contribution is 7.11. The van der Waals surface area contributed by atoms with E-state index in [0.29, 0.717) is 29.9 Å². The zero-order valence-electron chi connectivity index (χ0n) is 18.8. The van der Waals surface area contributed by atoms with Gasteiger partial charge in [0.15, 0.2) is 0 Å². The molecular formula is C26H26N2O4S. The van der Waals surface area contributed by atoms with Crippen LogP contribution in [0.25, 0.3) is 5.57 Å². The Morgan fingerprint density at radius 2 is 1.64 bits per heavy atom. The number of benzene rings is 2. The summed E-state index contributed by atoms with van der Waals surface area (Å²) in [6.45, 7) is 4.23. The minimum Gasteiger partial charge on any atom is -0.497 e. The first-order valence-corrected chi connectivity index (χ1v) is 11.6. The van der Waals surface area contributed by atoms with Gasteiger partial charge in [-0.25, -0.2) is 0 Å². The SMILES string of the molecule is COc1ccc(CCN2C(=O)C(Nc3ccc(OC(C)C)cc3)=C(c3cccs3)C2=O)cc1. The van der Waals surface area contributed by atoms with Crippen LogP contribution in [0.2, 0.25) is 0 Å². The van der Waals surface area contributed by atoms with Gasteiger partial charge in [0.25, 0.3) is 11.8 Å². The Kier molecular flexibility index (Phi) is 6.79. The number of hydrogen-bond acceptors (Lipinski definition) is 6. The van der Waals surface area contributed by atoms with Crippen molar-refractivity contribution in [1.82, 2.24) is 4.90 Å².